The topological polar surface area (TPSA) is 215 Å². The van der Waals surface area contributed by atoms with E-state index in [0.717, 1.165) is 0 Å². The van der Waals surface area contributed by atoms with Crippen LogP contribution in [0.3, 0.4) is 0 Å². The van der Waals surface area contributed by atoms with Crippen molar-refractivity contribution in [3.63, 3.8) is 0 Å². The lowest BCUT2D eigenvalue weighted by Crippen LogP contribution is -2.58. The minimum Gasteiger partial charge on any atom is -0.480 e. The lowest BCUT2D eigenvalue weighted by molar-refractivity contribution is -0.141. The van der Waals surface area contributed by atoms with Gasteiger partial charge in [0.2, 0.25) is 17.7 Å². The third-order valence-electron chi connectivity index (χ3n) is 4.59. The Morgan fingerprint density at radius 3 is 2.09 bits per heavy atom. The smallest absolute Gasteiger partial charge is 0.327 e. The number of amides is 3. The standard InChI is InChI=1S/C19H37N7O5S2/c1-10(2)14(26-15(27)11(20)6-8-33-3)17(29)24-12(5-4-7-23-19(21)22)16(28)25-13(9-32)18(30)31/h10-14,32H,4-9,20H2,1-3H3,(H,24,29)(H,25,28)(H,26,27)(H,30,31)(H4,21,22,23). The molecule has 4 atom stereocenters. The number of rotatable bonds is 16. The highest BCUT2D eigenvalue weighted by Gasteiger charge is 2.31. The summed E-state index contributed by atoms with van der Waals surface area (Å²) < 4.78 is 0. The van der Waals surface area contributed by atoms with Crippen molar-refractivity contribution in [3.05, 3.63) is 0 Å². The van der Waals surface area contributed by atoms with Gasteiger partial charge in [0.05, 0.1) is 6.04 Å². The molecule has 0 fully saturated rings. The number of aliphatic carboxylic acids is 1. The van der Waals surface area contributed by atoms with Crippen LogP contribution in [0.25, 0.3) is 0 Å². The van der Waals surface area contributed by atoms with Crippen molar-refractivity contribution in [1.82, 2.24) is 16.0 Å². The second-order valence-electron chi connectivity index (χ2n) is 7.71. The maximum Gasteiger partial charge on any atom is 0.327 e. The molecule has 33 heavy (non-hydrogen) atoms. The normalized spacial score (nSPS) is 14.5. The van der Waals surface area contributed by atoms with Crippen molar-refractivity contribution in [2.24, 2.45) is 28.1 Å². The second-order valence-corrected chi connectivity index (χ2v) is 9.06. The summed E-state index contributed by atoms with van der Waals surface area (Å²) in [6.45, 7) is 3.70. The van der Waals surface area contributed by atoms with Gasteiger partial charge in [0, 0.05) is 12.3 Å². The summed E-state index contributed by atoms with van der Waals surface area (Å²) in [5, 5.41) is 16.8. The number of thioether (sulfide) groups is 1. The zero-order valence-corrected chi connectivity index (χ0v) is 21.0. The molecule has 3 amide bonds. The minimum absolute atomic E-state index is 0.110. The SMILES string of the molecule is CSCCC(N)C(=O)NC(C(=O)NC(CCCN=C(N)N)C(=O)NC(CS)C(=O)O)C(C)C. The highest BCUT2D eigenvalue weighted by Crippen LogP contribution is 2.07. The van der Waals surface area contributed by atoms with Crippen molar-refractivity contribution >= 4 is 54.0 Å². The third-order valence-corrected chi connectivity index (χ3v) is 5.60. The summed E-state index contributed by atoms with van der Waals surface area (Å²) >= 11 is 5.48. The van der Waals surface area contributed by atoms with Crippen molar-refractivity contribution in [2.75, 3.05) is 24.3 Å². The molecule has 0 aliphatic rings. The maximum absolute atomic E-state index is 13.0. The van der Waals surface area contributed by atoms with E-state index in [1.165, 1.54) is 0 Å². The van der Waals surface area contributed by atoms with Crippen LogP contribution in [0.15, 0.2) is 4.99 Å². The number of nitrogens with one attached hydrogen (secondary N) is 3. The average Bonchev–Trinajstić information content (AvgIpc) is 2.74. The van der Waals surface area contributed by atoms with Crippen LogP contribution in [-0.4, -0.2) is 83.2 Å². The fourth-order valence-corrected chi connectivity index (χ4v) is 3.40. The fraction of sp³-hybridized carbons (Fsp3) is 0.737. The number of hydrogen-bond acceptors (Lipinski definition) is 8. The van der Waals surface area contributed by atoms with Gasteiger partial charge in [-0.2, -0.15) is 24.4 Å². The lowest BCUT2D eigenvalue weighted by atomic mass is 10.0. The van der Waals surface area contributed by atoms with Gasteiger partial charge in [-0.25, -0.2) is 4.79 Å². The van der Waals surface area contributed by atoms with Gasteiger partial charge in [-0.1, -0.05) is 13.8 Å². The van der Waals surface area contributed by atoms with E-state index in [4.69, 9.17) is 17.2 Å². The minimum atomic E-state index is -1.25. The Labute approximate surface area is 204 Å². The highest BCUT2D eigenvalue weighted by atomic mass is 32.2. The molecule has 0 bridgehead atoms. The number of guanidine groups is 1. The van der Waals surface area contributed by atoms with Gasteiger partial charge in [-0.3, -0.25) is 19.4 Å². The van der Waals surface area contributed by atoms with Crippen LogP contribution in [-0.2, 0) is 19.2 Å². The Balaban J connectivity index is 5.40. The lowest BCUT2D eigenvalue weighted by Gasteiger charge is -2.27. The molecule has 0 aromatic carbocycles. The van der Waals surface area contributed by atoms with Crippen LogP contribution in [0.2, 0.25) is 0 Å². The summed E-state index contributed by atoms with van der Waals surface area (Å²) in [6, 6.07) is -4.01. The molecule has 4 unspecified atom stereocenters. The van der Waals surface area contributed by atoms with Crippen molar-refractivity contribution < 1.29 is 24.3 Å². The highest BCUT2D eigenvalue weighted by molar-refractivity contribution is 7.98. The molecule has 0 saturated carbocycles. The molecule has 0 rings (SSSR count). The molecule has 0 radical (unpaired) electrons. The van der Waals surface area contributed by atoms with Crippen LogP contribution in [0.4, 0.5) is 0 Å². The van der Waals surface area contributed by atoms with E-state index in [1.807, 2.05) is 6.26 Å². The Hall–Kier alpha value is -2.19. The molecule has 0 aliphatic heterocycles. The summed E-state index contributed by atoms with van der Waals surface area (Å²) in [7, 11) is 0. The number of carboxylic acids is 1. The third kappa shape index (κ3) is 12.6. The number of nitrogens with two attached hydrogens (primary N) is 3. The molecule has 0 saturated heterocycles. The van der Waals surface area contributed by atoms with E-state index in [-0.39, 0.29) is 30.6 Å². The predicted molar refractivity (Wildman–Crippen MR) is 133 cm³/mol. The van der Waals surface area contributed by atoms with Gasteiger partial charge in [0.1, 0.15) is 18.1 Å². The number of carboxylic acid groups (broad SMARTS) is 1. The largest absolute Gasteiger partial charge is 0.480 e. The van der Waals surface area contributed by atoms with Gasteiger partial charge < -0.3 is 38.3 Å². The number of thiol groups is 1. The van der Waals surface area contributed by atoms with Crippen LogP contribution in [0, 0.1) is 5.92 Å². The van der Waals surface area contributed by atoms with Gasteiger partial charge in [-0.05, 0) is 37.2 Å². The summed E-state index contributed by atoms with van der Waals surface area (Å²) in [5.41, 5.74) is 16.5. The second kappa shape index (κ2) is 16.4. The molecular weight excluding hydrogens is 470 g/mol. The van der Waals surface area contributed by atoms with Gasteiger partial charge in [0.15, 0.2) is 5.96 Å². The Morgan fingerprint density at radius 1 is 1.00 bits per heavy atom. The number of nitrogens with zero attached hydrogens (tertiary/aromatic N) is 1. The molecule has 0 aliphatic carbocycles. The molecule has 0 aromatic rings. The summed E-state index contributed by atoms with van der Waals surface area (Å²) in [6.07, 6.45) is 2.83. The first-order valence-corrected chi connectivity index (χ1v) is 12.5. The van der Waals surface area contributed by atoms with E-state index in [1.54, 1.807) is 25.6 Å². The average molecular weight is 508 g/mol. The quantitative estimate of drug-likeness (QED) is 0.0513. The molecule has 0 spiro atoms. The van der Waals surface area contributed by atoms with Crippen LogP contribution >= 0.6 is 24.4 Å². The molecule has 190 valence electrons. The summed E-state index contributed by atoms with van der Waals surface area (Å²) in [5.74, 6) is -2.84. The van der Waals surface area contributed by atoms with E-state index < -0.39 is 47.9 Å². The molecule has 10 N–H and O–H groups in total. The molecule has 0 aromatic heterocycles. The number of aliphatic imine (C=N–C) groups is 1. The van der Waals surface area contributed by atoms with Crippen molar-refractivity contribution in [3.8, 4) is 0 Å². The monoisotopic (exact) mass is 507 g/mol. The number of hydrogen-bond donors (Lipinski definition) is 8. The van der Waals surface area contributed by atoms with Crippen LogP contribution in [0.5, 0.6) is 0 Å². The van der Waals surface area contributed by atoms with Gasteiger partial charge >= 0.3 is 5.97 Å². The number of carbonyl (C=O) groups excluding carboxylic acids is 3. The molecule has 12 nitrogen and oxygen atoms in total. The van der Waals surface area contributed by atoms with E-state index in [9.17, 15) is 24.3 Å². The van der Waals surface area contributed by atoms with Gasteiger partial charge in [-0.15, -0.1) is 0 Å². The van der Waals surface area contributed by atoms with Crippen LogP contribution < -0.4 is 33.2 Å². The first-order chi connectivity index (χ1) is 15.4. The zero-order chi connectivity index (χ0) is 25.6. The van der Waals surface area contributed by atoms with Gasteiger partial charge in [0.25, 0.3) is 0 Å². The first kappa shape index (κ1) is 30.8. The van der Waals surface area contributed by atoms with Crippen LogP contribution in [0.1, 0.15) is 33.1 Å². The first-order valence-electron chi connectivity index (χ1n) is 10.5. The zero-order valence-electron chi connectivity index (χ0n) is 19.2. The Kier molecular flexibility index (Phi) is 15.3. The fourth-order valence-electron chi connectivity index (χ4n) is 2.66. The van der Waals surface area contributed by atoms with E-state index in [0.29, 0.717) is 18.6 Å². The molecule has 14 heteroatoms. The predicted octanol–water partition coefficient (Wildman–Crippen LogP) is -1.75. The van der Waals surface area contributed by atoms with Crippen molar-refractivity contribution in [1.29, 1.82) is 0 Å². The van der Waals surface area contributed by atoms with E-state index in [2.05, 4.69) is 33.6 Å². The van der Waals surface area contributed by atoms with E-state index >= 15 is 0 Å². The molecular formula is C19H37N7O5S2. The Morgan fingerprint density at radius 2 is 1.61 bits per heavy atom. The maximum atomic E-state index is 13.0. The Bertz CT molecular complexity index is 689. The summed E-state index contributed by atoms with van der Waals surface area (Å²) in [4.78, 5) is 53.1. The molecule has 0 heterocycles. The number of carbonyl (C=O) groups is 4. The van der Waals surface area contributed by atoms with Crippen molar-refractivity contribution in [2.45, 2.75) is 57.3 Å².